The van der Waals surface area contributed by atoms with E-state index >= 15 is 0 Å². The van der Waals surface area contributed by atoms with E-state index in [1.54, 1.807) is 25.1 Å². The molecule has 0 spiro atoms. The molecule has 1 heterocycles. The highest BCUT2D eigenvalue weighted by atomic mass is 35.5. The summed E-state index contributed by atoms with van der Waals surface area (Å²) < 4.78 is 30.7. The Morgan fingerprint density at radius 1 is 0.919 bits per heavy atom. The topological polar surface area (TPSA) is 101 Å². The van der Waals surface area contributed by atoms with E-state index in [1.165, 1.54) is 6.07 Å². The van der Waals surface area contributed by atoms with Gasteiger partial charge in [-0.3, -0.25) is 4.79 Å². The van der Waals surface area contributed by atoms with Gasteiger partial charge in [-0.15, -0.1) is 0 Å². The van der Waals surface area contributed by atoms with Crippen LogP contribution >= 0.6 is 11.6 Å². The molecule has 0 fully saturated rings. The van der Waals surface area contributed by atoms with Crippen molar-refractivity contribution >= 4 is 38.6 Å². The van der Waals surface area contributed by atoms with E-state index in [4.69, 9.17) is 16.3 Å². The average Bonchev–Trinajstić information content (AvgIpc) is 3.25. The highest BCUT2D eigenvalue weighted by Gasteiger charge is 2.16. The predicted octanol–water partition coefficient (Wildman–Crippen LogP) is 6.34. The minimum absolute atomic E-state index is 0.184. The zero-order valence-electron chi connectivity index (χ0n) is 19.9. The first-order valence-electron chi connectivity index (χ1n) is 11.3. The van der Waals surface area contributed by atoms with Crippen LogP contribution in [0.3, 0.4) is 0 Å². The first kappa shape index (κ1) is 24.5. The third-order valence-electron chi connectivity index (χ3n) is 5.80. The Hall–Kier alpha value is -4.14. The van der Waals surface area contributed by atoms with Gasteiger partial charge in [-0.05, 0) is 53.4 Å². The van der Waals surface area contributed by atoms with Gasteiger partial charge in [-0.2, -0.15) is 4.98 Å². The molecular weight excluding hydrogens is 510 g/mol. The van der Waals surface area contributed by atoms with Crippen molar-refractivity contribution in [2.75, 3.05) is 6.26 Å². The lowest BCUT2D eigenvalue weighted by Crippen LogP contribution is -2.29. The number of rotatable bonds is 6. The van der Waals surface area contributed by atoms with Crippen LogP contribution in [0.5, 0.6) is 11.8 Å². The summed E-state index contributed by atoms with van der Waals surface area (Å²) in [6.07, 6.45) is 0.923. The summed E-state index contributed by atoms with van der Waals surface area (Å²) in [7, 11) is -3.70. The van der Waals surface area contributed by atoms with Gasteiger partial charge >= 0.3 is 0 Å². The van der Waals surface area contributed by atoms with E-state index in [0.717, 1.165) is 28.5 Å². The van der Waals surface area contributed by atoms with E-state index in [-0.39, 0.29) is 11.6 Å². The van der Waals surface area contributed by atoms with Crippen LogP contribution < -0.4 is 9.46 Å². The average molecular weight is 532 g/mol. The molecule has 0 saturated carbocycles. The zero-order valence-corrected chi connectivity index (χ0v) is 21.5. The monoisotopic (exact) mass is 531 g/mol. The smallest absolute Gasteiger partial charge is 0.300 e. The molecule has 5 rings (SSSR count). The van der Waals surface area contributed by atoms with Gasteiger partial charge in [0.05, 0.1) is 22.3 Å². The molecule has 0 aliphatic rings. The summed E-state index contributed by atoms with van der Waals surface area (Å²) in [5, 5.41) is 0.560. The highest BCUT2D eigenvalue weighted by Crippen LogP contribution is 2.34. The van der Waals surface area contributed by atoms with E-state index in [1.807, 2.05) is 41.1 Å². The molecule has 0 bridgehead atoms. The number of sulfonamides is 1. The number of hydrogen-bond donors (Lipinski definition) is 2. The van der Waals surface area contributed by atoms with E-state index < -0.39 is 15.9 Å². The molecule has 2 N–H and O–H groups in total. The molecule has 0 aliphatic heterocycles. The van der Waals surface area contributed by atoms with Gasteiger partial charge in [0.25, 0.3) is 11.9 Å². The second-order valence-corrected chi connectivity index (χ2v) is 10.8. The van der Waals surface area contributed by atoms with Crippen molar-refractivity contribution in [2.45, 2.75) is 6.92 Å². The second kappa shape index (κ2) is 9.72. The number of aromatic nitrogens is 2. The van der Waals surface area contributed by atoms with Crippen LogP contribution in [0, 0.1) is 6.92 Å². The molecule has 4 aromatic carbocycles. The fourth-order valence-electron chi connectivity index (χ4n) is 3.99. The number of H-pyrrole nitrogens is 1. The number of aryl methyl sites for hydroxylation is 1. The molecular formula is C28H22ClN3O4S. The molecule has 7 nitrogen and oxygen atoms in total. The summed E-state index contributed by atoms with van der Waals surface area (Å²) >= 11 is 6.61. The Labute approximate surface area is 219 Å². The minimum Gasteiger partial charge on any atom is -0.426 e. The number of hydrogen-bond acceptors (Lipinski definition) is 5. The Kier molecular flexibility index (Phi) is 6.45. The molecule has 0 radical (unpaired) electrons. The summed E-state index contributed by atoms with van der Waals surface area (Å²) in [5.41, 5.74) is 6.17. The van der Waals surface area contributed by atoms with Crippen molar-refractivity contribution in [1.29, 1.82) is 0 Å². The van der Waals surface area contributed by atoms with Crippen molar-refractivity contribution < 1.29 is 17.9 Å². The number of carbonyl (C=O) groups is 1. The van der Waals surface area contributed by atoms with Gasteiger partial charge in [-0.25, -0.2) is 13.1 Å². The normalized spacial score (nSPS) is 11.4. The largest absolute Gasteiger partial charge is 0.426 e. The molecule has 9 heteroatoms. The number of aromatic amines is 1. The minimum atomic E-state index is -3.70. The second-order valence-electron chi connectivity index (χ2n) is 8.62. The standard InChI is InChI=1S/C28H22ClN3O4S/c1-17-8-13-21(14-22(17)27(33)32-37(2,34)35)36-28-30-25-15-23(24(29)16-26(25)31-28)20-11-9-19(10-12-20)18-6-4-3-5-7-18/h3-16H,1-2H3,(H,30,31)(H,32,33). The van der Waals surface area contributed by atoms with Gasteiger partial charge in [0.2, 0.25) is 10.0 Å². The maximum absolute atomic E-state index is 12.4. The molecule has 0 unspecified atom stereocenters. The van der Waals surface area contributed by atoms with Crippen LogP contribution in [0.15, 0.2) is 84.9 Å². The number of ether oxygens (including phenoxy) is 1. The number of imidazole rings is 1. The first-order chi connectivity index (χ1) is 17.7. The van der Waals surface area contributed by atoms with E-state index in [0.29, 0.717) is 27.4 Å². The number of halogens is 1. The third kappa shape index (κ3) is 5.50. The lowest BCUT2D eigenvalue weighted by Gasteiger charge is -2.08. The van der Waals surface area contributed by atoms with Gasteiger partial charge < -0.3 is 9.72 Å². The predicted molar refractivity (Wildman–Crippen MR) is 146 cm³/mol. The van der Waals surface area contributed by atoms with E-state index in [2.05, 4.69) is 34.2 Å². The summed E-state index contributed by atoms with van der Waals surface area (Å²) in [6, 6.07) is 27.0. The van der Waals surface area contributed by atoms with Crippen molar-refractivity contribution in [1.82, 2.24) is 14.7 Å². The van der Waals surface area contributed by atoms with Crippen LogP contribution in [-0.2, 0) is 10.0 Å². The van der Waals surface area contributed by atoms with Gasteiger partial charge in [0.15, 0.2) is 0 Å². The molecule has 0 saturated heterocycles. The summed E-state index contributed by atoms with van der Waals surface area (Å²) in [5.74, 6) is -0.407. The fourth-order valence-corrected chi connectivity index (χ4v) is 4.71. The lowest BCUT2D eigenvalue weighted by atomic mass is 10.00. The maximum atomic E-state index is 12.4. The quantitative estimate of drug-likeness (QED) is 0.266. The molecule has 0 atom stereocenters. The third-order valence-corrected chi connectivity index (χ3v) is 6.67. The van der Waals surface area contributed by atoms with Crippen molar-refractivity contribution in [3.05, 3.63) is 101 Å². The van der Waals surface area contributed by atoms with Crippen molar-refractivity contribution in [3.8, 4) is 34.0 Å². The molecule has 0 aliphatic carbocycles. The molecule has 1 aromatic heterocycles. The Balaban J connectivity index is 1.41. The van der Waals surface area contributed by atoms with Crippen molar-refractivity contribution in [2.24, 2.45) is 0 Å². The number of nitrogens with one attached hydrogen (secondary N) is 2. The highest BCUT2D eigenvalue weighted by molar-refractivity contribution is 7.89. The first-order valence-corrected chi connectivity index (χ1v) is 13.6. The Bertz CT molecular complexity index is 1730. The van der Waals surface area contributed by atoms with Gasteiger partial charge in [-0.1, -0.05) is 72.3 Å². The molecule has 1 amide bonds. The molecule has 37 heavy (non-hydrogen) atoms. The number of nitrogens with zero attached hydrogens (tertiary/aromatic N) is 1. The molecule has 186 valence electrons. The van der Waals surface area contributed by atoms with Crippen LogP contribution in [-0.4, -0.2) is 30.5 Å². The van der Waals surface area contributed by atoms with Crippen LogP contribution in [0.2, 0.25) is 5.02 Å². The van der Waals surface area contributed by atoms with Crippen LogP contribution in [0.4, 0.5) is 0 Å². The number of carbonyl (C=O) groups excluding carboxylic acids is 1. The number of benzene rings is 4. The SMILES string of the molecule is Cc1ccc(Oc2nc3cc(-c4ccc(-c5ccccc5)cc4)c(Cl)cc3[nH]2)cc1C(=O)NS(C)(=O)=O. The molecule has 5 aromatic rings. The van der Waals surface area contributed by atoms with E-state index in [9.17, 15) is 13.2 Å². The number of amides is 1. The van der Waals surface area contributed by atoms with Crippen LogP contribution in [0.25, 0.3) is 33.3 Å². The van der Waals surface area contributed by atoms with Crippen molar-refractivity contribution in [3.63, 3.8) is 0 Å². The van der Waals surface area contributed by atoms with Gasteiger partial charge in [0, 0.05) is 11.1 Å². The lowest BCUT2D eigenvalue weighted by molar-refractivity contribution is 0.0980. The Morgan fingerprint density at radius 2 is 1.59 bits per heavy atom. The fraction of sp³-hybridized carbons (Fsp3) is 0.0714. The number of fused-ring (bicyclic) bond motifs is 1. The maximum Gasteiger partial charge on any atom is 0.300 e. The zero-order chi connectivity index (χ0) is 26.2. The Morgan fingerprint density at radius 3 is 2.30 bits per heavy atom. The van der Waals surface area contributed by atoms with Crippen LogP contribution in [0.1, 0.15) is 15.9 Å². The van der Waals surface area contributed by atoms with Gasteiger partial charge in [0.1, 0.15) is 5.75 Å². The summed E-state index contributed by atoms with van der Waals surface area (Å²) in [6.45, 7) is 1.71. The summed E-state index contributed by atoms with van der Waals surface area (Å²) in [4.78, 5) is 20.0.